The summed E-state index contributed by atoms with van der Waals surface area (Å²) in [7, 11) is 1.67. The van der Waals surface area contributed by atoms with Crippen molar-refractivity contribution in [1.29, 1.82) is 0 Å². The first-order chi connectivity index (χ1) is 8.61. The second kappa shape index (κ2) is 11.2. The molecule has 0 fully saturated rings. The molecule has 0 spiro atoms. The van der Waals surface area contributed by atoms with Crippen molar-refractivity contribution in [2.45, 2.75) is 51.5 Å². The highest BCUT2D eigenvalue weighted by Gasteiger charge is 2.16. The minimum atomic E-state index is -0.422. The van der Waals surface area contributed by atoms with E-state index in [-0.39, 0.29) is 18.2 Å². The normalized spacial score (nSPS) is 12.2. The van der Waals surface area contributed by atoms with Crippen molar-refractivity contribution in [2.24, 2.45) is 0 Å². The molecule has 0 amide bonds. The fourth-order valence-corrected chi connectivity index (χ4v) is 1.67. The molecule has 106 valence electrons. The lowest BCUT2D eigenvalue weighted by atomic mass is 10.1. The summed E-state index contributed by atoms with van der Waals surface area (Å²) in [6.45, 7) is 2.92. The molecule has 0 aliphatic heterocycles. The van der Waals surface area contributed by atoms with Crippen LogP contribution in [0.15, 0.2) is 0 Å². The molecule has 1 atom stereocenters. The molecule has 5 nitrogen and oxygen atoms in total. The highest BCUT2D eigenvalue weighted by Crippen LogP contribution is 2.03. The van der Waals surface area contributed by atoms with Gasteiger partial charge >= 0.3 is 5.97 Å². The Morgan fingerprint density at radius 1 is 1.17 bits per heavy atom. The second-order valence-electron chi connectivity index (χ2n) is 4.50. The number of quaternary nitrogens is 1. The van der Waals surface area contributed by atoms with Gasteiger partial charge in [-0.15, -0.1) is 0 Å². The first-order valence-electron chi connectivity index (χ1n) is 6.74. The number of esters is 1. The standard InChI is InChI=1S/C13H26N2O3/c1-11(16)12(15-2)10-13(17)18-9-7-5-3-4-6-8-14/h12,15H,3-10,14H2,1-2H3/p+1/t12-/m0/s1. The summed E-state index contributed by atoms with van der Waals surface area (Å²) < 4.78 is 5.09. The molecule has 0 bridgehead atoms. The maximum Gasteiger partial charge on any atom is 0.307 e. The Labute approximate surface area is 109 Å². The highest BCUT2D eigenvalue weighted by atomic mass is 16.5. The minimum Gasteiger partial charge on any atom is -0.466 e. The van der Waals surface area contributed by atoms with Gasteiger partial charge in [-0.05, 0) is 33.2 Å². The quantitative estimate of drug-likeness (QED) is 0.413. The molecule has 0 aliphatic carbocycles. The van der Waals surface area contributed by atoms with E-state index in [0.717, 1.165) is 19.4 Å². The van der Waals surface area contributed by atoms with Crippen LogP contribution in [0, 0.1) is 0 Å². The first-order valence-corrected chi connectivity index (χ1v) is 6.74. The van der Waals surface area contributed by atoms with Crippen LogP contribution in [-0.2, 0) is 14.3 Å². The number of ether oxygens (including phenoxy) is 1. The summed E-state index contributed by atoms with van der Waals surface area (Å²) in [5, 5.41) is 2.80. The van der Waals surface area contributed by atoms with Crippen molar-refractivity contribution in [3.05, 3.63) is 0 Å². The van der Waals surface area contributed by atoms with E-state index in [0.29, 0.717) is 6.61 Å². The summed E-state index contributed by atoms with van der Waals surface area (Å²) in [4.78, 5) is 22.5. The molecule has 0 rings (SSSR count). The van der Waals surface area contributed by atoms with Gasteiger partial charge in [-0.25, -0.2) is 0 Å². The maximum atomic E-state index is 11.4. The van der Waals surface area contributed by atoms with Gasteiger partial charge in [-0.1, -0.05) is 12.8 Å². The Morgan fingerprint density at radius 2 is 1.78 bits per heavy atom. The van der Waals surface area contributed by atoms with Crippen LogP contribution in [0.1, 0.15) is 45.4 Å². The van der Waals surface area contributed by atoms with Crippen molar-refractivity contribution in [3.63, 3.8) is 0 Å². The molecule has 0 aliphatic rings. The van der Waals surface area contributed by atoms with Crippen LogP contribution >= 0.6 is 0 Å². The minimum absolute atomic E-state index is 0.0392. The van der Waals surface area contributed by atoms with Crippen molar-refractivity contribution < 1.29 is 20.1 Å². The Hall–Kier alpha value is -0.940. The first kappa shape index (κ1) is 17.1. The average molecular weight is 259 g/mol. The van der Waals surface area contributed by atoms with E-state index in [1.165, 1.54) is 26.2 Å². The number of unbranched alkanes of at least 4 members (excludes halogenated alkanes) is 4. The largest absolute Gasteiger partial charge is 0.466 e. The van der Waals surface area contributed by atoms with E-state index < -0.39 is 6.04 Å². The number of likely N-dealkylation sites (N-methyl/N-ethyl adjacent to an activating group) is 1. The number of hydrogen-bond acceptors (Lipinski definition) is 4. The van der Waals surface area contributed by atoms with Crippen molar-refractivity contribution in [1.82, 2.24) is 5.32 Å². The number of ketones is 1. The monoisotopic (exact) mass is 259 g/mol. The van der Waals surface area contributed by atoms with Gasteiger partial charge in [0.25, 0.3) is 0 Å². The predicted octanol–water partition coefficient (Wildman–Crippen LogP) is 0.289. The lowest BCUT2D eigenvalue weighted by Gasteiger charge is -2.11. The van der Waals surface area contributed by atoms with Gasteiger partial charge < -0.3 is 15.8 Å². The molecule has 0 aromatic rings. The summed E-state index contributed by atoms with van der Waals surface area (Å²) >= 11 is 0. The van der Waals surface area contributed by atoms with Gasteiger partial charge in [0.2, 0.25) is 0 Å². The fourth-order valence-electron chi connectivity index (χ4n) is 1.67. The van der Waals surface area contributed by atoms with Gasteiger partial charge in [-0.2, -0.15) is 0 Å². The molecule has 5 heteroatoms. The summed E-state index contributed by atoms with van der Waals surface area (Å²) in [5.41, 5.74) is 3.79. The van der Waals surface area contributed by atoms with Crippen LogP contribution in [0.3, 0.4) is 0 Å². The van der Waals surface area contributed by atoms with Gasteiger partial charge in [-0.3, -0.25) is 9.59 Å². The number of carbonyl (C=O) groups excluding carboxylic acids is 2. The molecule has 18 heavy (non-hydrogen) atoms. The third-order valence-electron chi connectivity index (χ3n) is 2.87. The maximum absolute atomic E-state index is 11.4. The van der Waals surface area contributed by atoms with Crippen molar-refractivity contribution >= 4 is 11.8 Å². The topological polar surface area (TPSA) is 83.0 Å². The van der Waals surface area contributed by atoms with Crippen molar-refractivity contribution in [2.75, 3.05) is 20.2 Å². The molecule has 0 saturated carbocycles. The van der Waals surface area contributed by atoms with E-state index in [1.54, 1.807) is 7.05 Å². The fraction of sp³-hybridized carbons (Fsp3) is 0.846. The van der Waals surface area contributed by atoms with Crippen LogP contribution in [0.5, 0.6) is 0 Å². The lowest BCUT2D eigenvalue weighted by molar-refractivity contribution is -0.368. The van der Waals surface area contributed by atoms with E-state index in [1.807, 2.05) is 0 Å². The number of rotatable bonds is 11. The lowest BCUT2D eigenvalue weighted by Crippen LogP contribution is -2.50. The number of Topliss-reactive ketones (excluding diaryl/α,β-unsaturated/α-hetero) is 1. The zero-order valence-electron chi connectivity index (χ0n) is 11.7. The highest BCUT2D eigenvalue weighted by molar-refractivity contribution is 5.86. The SMILES string of the molecule is CN[C@@H](CC(=O)OCCCCCCC[NH3+])C(C)=O. The van der Waals surface area contributed by atoms with Gasteiger partial charge in [0.15, 0.2) is 0 Å². The van der Waals surface area contributed by atoms with Crippen LogP contribution < -0.4 is 11.1 Å². The average Bonchev–Trinajstić information content (AvgIpc) is 2.34. The van der Waals surface area contributed by atoms with Crippen molar-refractivity contribution in [3.8, 4) is 0 Å². The Kier molecular flexibility index (Phi) is 10.6. The summed E-state index contributed by atoms with van der Waals surface area (Å²) in [6.07, 6.45) is 5.63. The molecule has 0 saturated heterocycles. The zero-order valence-corrected chi connectivity index (χ0v) is 11.7. The molecule has 4 N–H and O–H groups in total. The number of hydrogen-bond donors (Lipinski definition) is 2. The second-order valence-corrected chi connectivity index (χ2v) is 4.50. The molecule has 0 aromatic heterocycles. The molecule has 0 unspecified atom stereocenters. The zero-order chi connectivity index (χ0) is 13.8. The molecule has 0 aromatic carbocycles. The van der Waals surface area contributed by atoms with E-state index >= 15 is 0 Å². The Morgan fingerprint density at radius 3 is 2.33 bits per heavy atom. The van der Waals surface area contributed by atoms with E-state index in [9.17, 15) is 9.59 Å². The van der Waals surface area contributed by atoms with Gasteiger partial charge in [0, 0.05) is 0 Å². The third kappa shape index (κ3) is 9.13. The molecular formula is C13H27N2O3+. The van der Waals surface area contributed by atoms with Crippen LogP contribution in [0.2, 0.25) is 0 Å². The van der Waals surface area contributed by atoms with Crippen LogP contribution in [0.25, 0.3) is 0 Å². The predicted molar refractivity (Wildman–Crippen MR) is 69.9 cm³/mol. The third-order valence-corrected chi connectivity index (χ3v) is 2.87. The summed E-state index contributed by atoms with van der Waals surface area (Å²) in [6, 6.07) is -0.422. The Balaban J connectivity index is 3.50. The van der Waals surface area contributed by atoms with E-state index in [2.05, 4.69) is 11.1 Å². The molecular weight excluding hydrogens is 232 g/mol. The van der Waals surface area contributed by atoms with E-state index in [4.69, 9.17) is 4.74 Å². The smallest absolute Gasteiger partial charge is 0.307 e. The van der Waals surface area contributed by atoms with Gasteiger partial charge in [0.1, 0.15) is 5.78 Å². The number of carbonyl (C=O) groups is 2. The number of nitrogens with one attached hydrogen (secondary N) is 1. The Bertz CT molecular complexity index is 244. The molecule has 0 heterocycles. The molecule has 0 radical (unpaired) electrons. The van der Waals surface area contributed by atoms with Gasteiger partial charge in [0.05, 0.1) is 25.6 Å². The van der Waals surface area contributed by atoms with Crippen LogP contribution in [0.4, 0.5) is 0 Å². The summed E-state index contributed by atoms with van der Waals surface area (Å²) in [5.74, 6) is -0.343. The van der Waals surface area contributed by atoms with Crippen LogP contribution in [-0.4, -0.2) is 38.0 Å².